The van der Waals surface area contributed by atoms with Crippen molar-refractivity contribution in [3.8, 4) is 22.5 Å². The number of carbonyl (C=O) groups excluding carboxylic acids is 1. The molecule has 6 nitrogen and oxygen atoms in total. The lowest BCUT2D eigenvalue weighted by Gasteiger charge is -2.14. The molecule has 1 saturated heterocycles. The number of benzene rings is 2. The average Bonchev–Trinajstić information content (AvgIpc) is 3.30. The highest BCUT2D eigenvalue weighted by Gasteiger charge is 2.32. The van der Waals surface area contributed by atoms with Gasteiger partial charge in [0, 0.05) is 17.7 Å². The molecule has 1 aromatic heterocycles. The minimum absolute atomic E-state index is 0.0395. The summed E-state index contributed by atoms with van der Waals surface area (Å²) in [7, 11) is 0. The van der Waals surface area contributed by atoms with Crippen molar-refractivity contribution < 1.29 is 4.79 Å². The molecule has 3 aromatic rings. The van der Waals surface area contributed by atoms with Crippen molar-refractivity contribution >= 4 is 5.91 Å². The van der Waals surface area contributed by atoms with Crippen LogP contribution in [0.1, 0.15) is 12.5 Å². The first-order valence-electron chi connectivity index (χ1n) is 8.33. The van der Waals surface area contributed by atoms with Crippen molar-refractivity contribution in [1.82, 2.24) is 20.3 Å². The lowest BCUT2D eigenvalue weighted by Crippen LogP contribution is -2.36. The van der Waals surface area contributed by atoms with Crippen LogP contribution in [-0.2, 0) is 4.79 Å². The van der Waals surface area contributed by atoms with Crippen LogP contribution in [0.4, 0.5) is 0 Å². The van der Waals surface area contributed by atoms with Crippen LogP contribution in [0.5, 0.6) is 0 Å². The number of nitrogens with zero attached hydrogens (tertiary/aromatic N) is 3. The first kappa shape index (κ1) is 15.5. The molecule has 25 heavy (non-hydrogen) atoms. The van der Waals surface area contributed by atoms with Gasteiger partial charge in [0.25, 0.3) is 0 Å². The monoisotopic (exact) mass is 333 g/mol. The zero-order valence-corrected chi connectivity index (χ0v) is 13.7. The molecule has 1 aliphatic heterocycles. The van der Waals surface area contributed by atoms with E-state index in [2.05, 4.69) is 27.8 Å². The van der Waals surface area contributed by atoms with Crippen LogP contribution >= 0.6 is 0 Å². The smallest absolute Gasteiger partial charge is 0.234 e. The summed E-state index contributed by atoms with van der Waals surface area (Å²) in [4.78, 5) is 11.5. The second-order valence-corrected chi connectivity index (χ2v) is 6.22. The maximum atomic E-state index is 11.5. The summed E-state index contributed by atoms with van der Waals surface area (Å²) in [6.45, 7) is 0.644. The van der Waals surface area contributed by atoms with Crippen molar-refractivity contribution in [3.63, 3.8) is 0 Å². The Morgan fingerprint density at radius 1 is 1.04 bits per heavy atom. The topological polar surface area (TPSA) is 85.8 Å². The molecule has 0 saturated carbocycles. The van der Waals surface area contributed by atoms with Gasteiger partial charge in [-0.1, -0.05) is 65.9 Å². The Labute approximate surface area is 145 Å². The molecule has 2 aromatic carbocycles. The molecule has 1 aliphatic rings. The van der Waals surface area contributed by atoms with E-state index in [0.29, 0.717) is 13.0 Å². The number of hydrogen-bond acceptors (Lipinski definition) is 4. The highest BCUT2D eigenvalue weighted by Crippen LogP contribution is 2.33. The van der Waals surface area contributed by atoms with Crippen LogP contribution in [0.3, 0.4) is 0 Å². The van der Waals surface area contributed by atoms with Crippen molar-refractivity contribution in [1.29, 1.82) is 0 Å². The molecule has 0 radical (unpaired) electrons. The first-order chi connectivity index (χ1) is 12.2. The van der Waals surface area contributed by atoms with Gasteiger partial charge in [0.15, 0.2) is 0 Å². The molecule has 3 N–H and O–H groups in total. The number of nitrogens with one attached hydrogen (secondary N) is 1. The molecule has 4 rings (SSSR count). The van der Waals surface area contributed by atoms with Gasteiger partial charge in [0.05, 0.1) is 17.8 Å². The molecular weight excluding hydrogens is 314 g/mol. The SMILES string of the molecule is NC(=O)C1CC(n2nnc(-c3ccccc3)c2-c2ccccc2)CN1. The molecule has 126 valence electrons. The Balaban J connectivity index is 1.80. The van der Waals surface area contributed by atoms with E-state index in [1.165, 1.54) is 0 Å². The van der Waals surface area contributed by atoms with E-state index in [1.807, 2.05) is 53.2 Å². The minimum Gasteiger partial charge on any atom is -0.368 e. The lowest BCUT2D eigenvalue weighted by atomic mass is 10.0. The van der Waals surface area contributed by atoms with E-state index >= 15 is 0 Å². The number of nitrogens with two attached hydrogens (primary N) is 1. The Hall–Kier alpha value is -2.99. The van der Waals surface area contributed by atoms with E-state index in [-0.39, 0.29) is 18.0 Å². The standard InChI is InChI=1S/C19H19N5O/c20-19(25)16-11-15(12-21-16)24-18(14-9-5-2-6-10-14)17(22-23-24)13-7-3-1-4-8-13/h1-10,15-16,21H,11-12H2,(H2,20,25). The van der Waals surface area contributed by atoms with Gasteiger partial charge in [0.2, 0.25) is 5.91 Å². The highest BCUT2D eigenvalue weighted by molar-refractivity contribution is 5.80. The molecule has 0 spiro atoms. The fraction of sp³-hybridized carbons (Fsp3) is 0.211. The Bertz CT molecular complexity index is 875. The van der Waals surface area contributed by atoms with E-state index in [0.717, 1.165) is 22.5 Å². The molecule has 6 heteroatoms. The van der Waals surface area contributed by atoms with Gasteiger partial charge in [-0.05, 0) is 6.42 Å². The number of aromatic nitrogens is 3. The average molecular weight is 333 g/mol. The van der Waals surface area contributed by atoms with Crippen molar-refractivity contribution in [2.24, 2.45) is 5.73 Å². The molecule has 1 amide bonds. The summed E-state index contributed by atoms with van der Waals surface area (Å²) in [5, 5.41) is 12.0. The predicted octanol–water partition coefficient (Wildman–Crippen LogP) is 2.00. The van der Waals surface area contributed by atoms with Gasteiger partial charge >= 0.3 is 0 Å². The summed E-state index contributed by atoms with van der Waals surface area (Å²) in [6.07, 6.45) is 0.618. The van der Waals surface area contributed by atoms with Crippen LogP contribution < -0.4 is 11.1 Å². The first-order valence-corrected chi connectivity index (χ1v) is 8.33. The van der Waals surface area contributed by atoms with E-state index in [1.54, 1.807) is 0 Å². The molecule has 0 aliphatic carbocycles. The molecule has 2 heterocycles. The maximum Gasteiger partial charge on any atom is 0.234 e. The van der Waals surface area contributed by atoms with E-state index in [4.69, 9.17) is 5.73 Å². The van der Waals surface area contributed by atoms with E-state index in [9.17, 15) is 4.79 Å². The van der Waals surface area contributed by atoms with Crippen molar-refractivity contribution in [3.05, 3.63) is 60.7 Å². The third-order valence-electron chi connectivity index (χ3n) is 4.59. The van der Waals surface area contributed by atoms with Crippen LogP contribution in [0.2, 0.25) is 0 Å². The van der Waals surface area contributed by atoms with Gasteiger partial charge in [-0.3, -0.25) is 4.79 Å². The Morgan fingerprint density at radius 2 is 1.68 bits per heavy atom. The second-order valence-electron chi connectivity index (χ2n) is 6.22. The van der Waals surface area contributed by atoms with E-state index < -0.39 is 0 Å². The summed E-state index contributed by atoms with van der Waals surface area (Å²) >= 11 is 0. The fourth-order valence-corrected chi connectivity index (χ4v) is 3.32. The quantitative estimate of drug-likeness (QED) is 0.765. The minimum atomic E-state index is -0.327. The van der Waals surface area contributed by atoms with Gasteiger partial charge in [-0.15, -0.1) is 5.10 Å². The zero-order valence-electron chi connectivity index (χ0n) is 13.7. The molecule has 0 bridgehead atoms. The number of hydrogen-bond donors (Lipinski definition) is 2. The van der Waals surface area contributed by atoms with Crippen LogP contribution in [-0.4, -0.2) is 33.5 Å². The van der Waals surface area contributed by atoms with Crippen LogP contribution in [0, 0.1) is 0 Å². The van der Waals surface area contributed by atoms with Crippen molar-refractivity contribution in [2.45, 2.75) is 18.5 Å². The molecule has 2 atom stereocenters. The second kappa shape index (κ2) is 6.49. The Morgan fingerprint density at radius 3 is 2.28 bits per heavy atom. The fourth-order valence-electron chi connectivity index (χ4n) is 3.32. The maximum absolute atomic E-state index is 11.5. The molecule has 1 fully saturated rings. The largest absolute Gasteiger partial charge is 0.368 e. The zero-order chi connectivity index (χ0) is 17.2. The summed E-state index contributed by atoms with van der Waals surface area (Å²) in [5.41, 5.74) is 9.31. The van der Waals surface area contributed by atoms with Gasteiger partial charge < -0.3 is 11.1 Å². The number of carbonyl (C=O) groups is 1. The Kier molecular flexibility index (Phi) is 4.03. The summed E-state index contributed by atoms with van der Waals surface area (Å²) in [5.74, 6) is -0.327. The number of rotatable bonds is 4. The summed E-state index contributed by atoms with van der Waals surface area (Å²) < 4.78 is 1.92. The number of amides is 1. The van der Waals surface area contributed by atoms with Crippen molar-refractivity contribution in [2.75, 3.05) is 6.54 Å². The summed E-state index contributed by atoms with van der Waals surface area (Å²) in [6, 6.07) is 19.8. The van der Waals surface area contributed by atoms with Gasteiger partial charge in [-0.25, -0.2) is 4.68 Å². The van der Waals surface area contributed by atoms with Gasteiger partial charge in [-0.2, -0.15) is 0 Å². The predicted molar refractivity (Wildman–Crippen MR) is 95.5 cm³/mol. The lowest BCUT2D eigenvalue weighted by molar-refractivity contribution is -0.119. The van der Waals surface area contributed by atoms with Crippen LogP contribution in [0.25, 0.3) is 22.5 Å². The van der Waals surface area contributed by atoms with Gasteiger partial charge in [0.1, 0.15) is 5.69 Å². The highest BCUT2D eigenvalue weighted by atomic mass is 16.1. The third-order valence-corrected chi connectivity index (χ3v) is 4.59. The normalized spacial score (nSPS) is 19.8. The van der Waals surface area contributed by atoms with Crippen LogP contribution in [0.15, 0.2) is 60.7 Å². The molecular formula is C19H19N5O. The molecule has 2 unspecified atom stereocenters. The number of primary amides is 1. The third kappa shape index (κ3) is 2.92.